The second kappa shape index (κ2) is 14.3. The van der Waals surface area contributed by atoms with E-state index >= 15 is 0 Å². The van der Waals surface area contributed by atoms with Gasteiger partial charge in [-0.15, -0.1) is 13.2 Å². The quantitative estimate of drug-likeness (QED) is 0.389. The molecule has 2 nitrogen and oxygen atoms in total. The van der Waals surface area contributed by atoms with Gasteiger partial charge in [0.1, 0.15) is 0 Å². The summed E-state index contributed by atoms with van der Waals surface area (Å²) in [6.07, 6.45) is 18.0. The number of rotatable bonds is 13. The molecule has 2 heteroatoms. The van der Waals surface area contributed by atoms with Gasteiger partial charge in [-0.1, -0.05) is 36.5 Å². The van der Waals surface area contributed by atoms with Crippen molar-refractivity contribution >= 4 is 0 Å². The Labute approximate surface area is 124 Å². The first-order valence-electron chi connectivity index (χ1n) is 7.60. The summed E-state index contributed by atoms with van der Waals surface area (Å²) in [6, 6.07) is 0. The molecule has 0 fully saturated rings. The van der Waals surface area contributed by atoms with E-state index in [1.165, 1.54) is 0 Å². The first kappa shape index (κ1) is 18.9. The first-order valence-corrected chi connectivity index (χ1v) is 7.60. The Bertz CT molecular complexity index is 292. The molecule has 0 aromatic rings. The van der Waals surface area contributed by atoms with Gasteiger partial charge in [0.15, 0.2) is 0 Å². The van der Waals surface area contributed by atoms with Crippen LogP contribution in [-0.4, -0.2) is 22.4 Å². The molecular formula is C18H30O2. The van der Waals surface area contributed by atoms with Crippen LogP contribution in [0.25, 0.3) is 0 Å². The van der Waals surface area contributed by atoms with Gasteiger partial charge >= 0.3 is 0 Å². The molecule has 0 aromatic carbocycles. The van der Waals surface area contributed by atoms with E-state index in [0.29, 0.717) is 12.8 Å². The molecule has 20 heavy (non-hydrogen) atoms. The van der Waals surface area contributed by atoms with Crippen LogP contribution in [0, 0.1) is 0 Å². The van der Waals surface area contributed by atoms with Gasteiger partial charge in [-0.25, -0.2) is 0 Å². The Morgan fingerprint density at radius 1 is 0.600 bits per heavy atom. The highest BCUT2D eigenvalue weighted by atomic mass is 16.3. The molecule has 0 aliphatic rings. The summed E-state index contributed by atoms with van der Waals surface area (Å²) in [7, 11) is 0. The fraction of sp³-hybridized carbons (Fsp3) is 0.556. The summed E-state index contributed by atoms with van der Waals surface area (Å²) in [5.41, 5.74) is 0. The summed E-state index contributed by atoms with van der Waals surface area (Å²) in [5.74, 6) is 0. The van der Waals surface area contributed by atoms with Crippen molar-refractivity contribution in [2.45, 2.75) is 63.6 Å². The topological polar surface area (TPSA) is 40.5 Å². The third-order valence-corrected chi connectivity index (χ3v) is 3.11. The van der Waals surface area contributed by atoms with Gasteiger partial charge in [-0.3, -0.25) is 0 Å². The molecule has 0 saturated heterocycles. The number of hydrogen-bond acceptors (Lipinski definition) is 2. The van der Waals surface area contributed by atoms with Gasteiger partial charge in [0, 0.05) is 0 Å². The number of allylic oxidation sites excluding steroid dienone is 6. The monoisotopic (exact) mass is 278 g/mol. The molecule has 0 heterocycles. The molecule has 0 spiro atoms. The Morgan fingerprint density at radius 2 is 1.00 bits per heavy atom. The van der Waals surface area contributed by atoms with Crippen LogP contribution in [0.3, 0.4) is 0 Å². The van der Waals surface area contributed by atoms with Crippen molar-refractivity contribution in [2.75, 3.05) is 0 Å². The fourth-order valence-electron chi connectivity index (χ4n) is 1.82. The lowest BCUT2D eigenvalue weighted by Gasteiger charge is -2.16. The molecular weight excluding hydrogens is 248 g/mol. The average molecular weight is 278 g/mol. The van der Waals surface area contributed by atoms with Crippen LogP contribution in [0.5, 0.6) is 0 Å². The molecule has 0 aliphatic carbocycles. The number of aliphatic hydroxyl groups excluding tert-OH is 2. The second-order valence-corrected chi connectivity index (χ2v) is 4.96. The smallest absolute Gasteiger partial charge is 0.0802 e. The zero-order chi connectivity index (χ0) is 15.1. The minimum Gasteiger partial charge on any atom is -0.390 e. The maximum absolute atomic E-state index is 9.73. The third-order valence-electron chi connectivity index (χ3n) is 3.11. The van der Waals surface area contributed by atoms with E-state index in [1.54, 1.807) is 6.08 Å². The molecule has 0 saturated carbocycles. The SMILES string of the molecule is C=CCC/C=C/CC/C=C/CC[C@@H](O)[C@H](O)CCC=C. The molecule has 0 bridgehead atoms. The molecule has 0 rings (SSSR count). The van der Waals surface area contributed by atoms with Crippen molar-refractivity contribution in [3.8, 4) is 0 Å². The normalized spacial score (nSPS) is 14.7. The Morgan fingerprint density at radius 3 is 1.50 bits per heavy atom. The van der Waals surface area contributed by atoms with Crippen molar-refractivity contribution in [1.82, 2.24) is 0 Å². The van der Waals surface area contributed by atoms with Gasteiger partial charge in [0.2, 0.25) is 0 Å². The molecule has 0 aliphatic heterocycles. The molecule has 0 amide bonds. The van der Waals surface area contributed by atoms with Crippen molar-refractivity contribution < 1.29 is 10.2 Å². The Hall–Kier alpha value is -1.12. The zero-order valence-electron chi connectivity index (χ0n) is 12.6. The highest BCUT2D eigenvalue weighted by molar-refractivity contribution is 4.89. The molecule has 0 aromatic heterocycles. The number of hydrogen-bond donors (Lipinski definition) is 2. The minimum atomic E-state index is -0.630. The number of aliphatic hydroxyl groups is 2. The van der Waals surface area contributed by atoms with Crippen LogP contribution >= 0.6 is 0 Å². The van der Waals surface area contributed by atoms with E-state index in [-0.39, 0.29) is 0 Å². The Kier molecular flexibility index (Phi) is 13.5. The number of unbranched alkanes of at least 4 members (excludes halogenated alkanes) is 2. The Balaban J connectivity index is 3.53. The van der Waals surface area contributed by atoms with Gasteiger partial charge in [-0.2, -0.15) is 0 Å². The van der Waals surface area contributed by atoms with E-state index in [1.807, 2.05) is 6.08 Å². The lowest BCUT2D eigenvalue weighted by atomic mass is 10.0. The van der Waals surface area contributed by atoms with Crippen molar-refractivity contribution in [2.24, 2.45) is 0 Å². The summed E-state index contributed by atoms with van der Waals surface area (Å²) >= 11 is 0. The summed E-state index contributed by atoms with van der Waals surface area (Å²) in [6.45, 7) is 7.29. The predicted octanol–water partition coefficient (Wildman–Crippen LogP) is 4.31. The first-order chi connectivity index (χ1) is 9.72. The van der Waals surface area contributed by atoms with Gasteiger partial charge < -0.3 is 10.2 Å². The highest BCUT2D eigenvalue weighted by Gasteiger charge is 2.13. The van der Waals surface area contributed by atoms with Crippen molar-refractivity contribution in [3.63, 3.8) is 0 Å². The summed E-state index contributed by atoms with van der Waals surface area (Å²) in [5, 5.41) is 19.4. The molecule has 0 radical (unpaired) electrons. The van der Waals surface area contributed by atoms with Crippen LogP contribution in [-0.2, 0) is 0 Å². The average Bonchev–Trinajstić information content (AvgIpc) is 2.46. The van der Waals surface area contributed by atoms with E-state index in [2.05, 4.69) is 37.5 Å². The summed E-state index contributed by atoms with van der Waals surface area (Å²) < 4.78 is 0. The maximum atomic E-state index is 9.73. The van der Waals surface area contributed by atoms with Gasteiger partial charge in [-0.05, 0) is 51.4 Å². The third kappa shape index (κ3) is 11.9. The van der Waals surface area contributed by atoms with Crippen LogP contribution in [0.15, 0.2) is 49.6 Å². The van der Waals surface area contributed by atoms with E-state index in [9.17, 15) is 10.2 Å². The molecule has 2 N–H and O–H groups in total. The zero-order valence-corrected chi connectivity index (χ0v) is 12.6. The lowest BCUT2D eigenvalue weighted by molar-refractivity contribution is 0.0112. The standard InChI is InChI=1S/C18H30O2/c1-3-5-7-8-9-10-11-12-13-14-16-18(20)17(19)15-6-4-2/h3-4,8-9,12-13,17-20H,1-2,5-7,10-11,14-16H2/b9-8+,13-12+/t17-,18-/m1/s1. The second-order valence-electron chi connectivity index (χ2n) is 4.96. The van der Waals surface area contributed by atoms with Crippen molar-refractivity contribution in [1.29, 1.82) is 0 Å². The largest absolute Gasteiger partial charge is 0.390 e. The van der Waals surface area contributed by atoms with Crippen LogP contribution in [0.2, 0.25) is 0 Å². The van der Waals surface area contributed by atoms with Crippen molar-refractivity contribution in [3.05, 3.63) is 49.6 Å². The molecule has 114 valence electrons. The van der Waals surface area contributed by atoms with Gasteiger partial charge in [0.05, 0.1) is 12.2 Å². The van der Waals surface area contributed by atoms with E-state index in [4.69, 9.17) is 0 Å². The highest BCUT2D eigenvalue weighted by Crippen LogP contribution is 2.09. The lowest BCUT2D eigenvalue weighted by Crippen LogP contribution is -2.25. The van der Waals surface area contributed by atoms with Crippen LogP contribution in [0.4, 0.5) is 0 Å². The van der Waals surface area contributed by atoms with Gasteiger partial charge in [0.25, 0.3) is 0 Å². The molecule has 0 unspecified atom stereocenters. The van der Waals surface area contributed by atoms with Crippen LogP contribution in [0.1, 0.15) is 51.4 Å². The maximum Gasteiger partial charge on any atom is 0.0802 e. The predicted molar refractivity (Wildman–Crippen MR) is 87.6 cm³/mol. The van der Waals surface area contributed by atoms with E-state index < -0.39 is 12.2 Å². The van der Waals surface area contributed by atoms with E-state index in [0.717, 1.165) is 38.5 Å². The van der Waals surface area contributed by atoms with Crippen LogP contribution < -0.4 is 0 Å². The minimum absolute atomic E-state index is 0.587. The fourth-order valence-corrected chi connectivity index (χ4v) is 1.82. The summed E-state index contributed by atoms with van der Waals surface area (Å²) in [4.78, 5) is 0. The molecule has 2 atom stereocenters.